The molecule has 88 valence electrons. The maximum Gasteiger partial charge on any atom is 0.387 e. The van der Waals surface area contributed by atoms with Crippen LogP contribution in [-0.4, -0.2) is 5.97 Å². The molecule has 2 aromatic rings. The molecule has 3 nitrogen and oxygen atoms in total. The molecule has 0 N–H and O–H groups in total. The Kier molecular flexibility index (Phi) is 1.76. The summed E-state index contributed by atoms with van der Waals surface area (Å²) in [5, 5.41) is 0. The van der Waals surface area contributed by atoms with Crippen LogP contribution in [0.4, 0.5) is 0 Å². The summed E-state index contributed by atoms with van der Waals surface area (Å²) in [6, 6.07) is 15.7. The quantitative estimate of drug-likeness (QED) is 0.661. The van der Waals surface area contributed by atoms with E-state index in [0.29, 0.717) is 0 Å². The topological polar surface area (TPSA) is 35.5 Å². The summed E-state index contributed by atoms with van der Waals surface area (Å²) >= 11 is 0. The van der Waals surface area contributed by atoms with Crippen LogP contribution in [-0.2, 0) is 26.6 Å². The van der Waals surface area contributed by atoms with Crippen molar-refractivity contribution in [3.8, 4) is 0 Å². The number of hydrogen-bond acceptors (Lipinski definition) is 3. The molecule has 2 aliphatic rings. The molecular weight excluding hydrogens is 228 g/mol. The van der Waals surface area contributed by atoms with E-state index < -0.39 is 5.60 Å². The van der Waals surface area contributed by atoms with Gasteiger partial charge in [0.15, 0.2) is 0 Å². The van der Waals surface area contributed by atoms with E-state index in [0.717, 1.165) is 28.7 Å². The van der Waals surface area contributed by atoms with Crippen LogP contribution in [0.3, 0.4) is 0 Å². The van der Waals surface area contributed by atoms with Gasteiger partial charge in [0.05, 0.1) is 0 Å². The molecule has 0 bridgehead atoms. The lowest BCUT2D eigenvalue weighted by atomic mass is 9.74. The fourth-order valence-corrected chi connectivity index (χ4v) is 2.85. The second-order valence-electron chi connectivity index (χ2n) is 4.63. The highest BCUT2D eigenvalue weighted by Gasteiger charge is 2.59. The zero-order valence-corrected chi connectivity index (χ0v) is 9.55. The van der Waals surface area contributed by atoms with Gasteiger partial charge in [-0.2, -0.15) is 4.89 Å². The largest absolute Gasteiger partial charge is 0.387 e. The van der Waals surface area contributed by atoms with Gasteiger partial charge < -0.3 is 0 Å². The number of rotatable bonds is 0. The van der Waals surface area contributed by atoms with E-state index in [1.807, 2.05) is 48.5 Å². The smallest absolute Gasteiger partial charge is 0.292 e. The number of hydrogen-bond donors (Lipinski definition) is 0. The SMILES string of the molecule is O=C1OOC12c1ccccc1Cc1ccccc12. The Labute approximate surface area is 104 Å². The van der Waals surface area contributed by atoms with Gasteiger partial charge in [0, 0.05) is 11.1 Å². The lowest BCUT2D eigenvalue weighted by molar-refractivity contribution is -0.396. The van der Waals surface area contributed by atoms with Crippen LogP contribution in [0.1, 0.15) is 22.3 Å². The van der Waals surface area contributed by atoms with E-state index in [2.05, 4.69) is 4.89 Å². The molecule has 0 aromatic heterocycles. The van der Waals surface area contributed by atoms with Gasteiger partial charge in [-0.25, -0.2) is 4.79 Å². The number of carbonyl (C=O) groups is 1. The van der Waals surface area contributed by atoms with E-state index in [1.54, 1.807) is 0 Å². The Hall–Kier alpha value is -2.13. The Balaban J connectivity index is 2.05. The van der Waals surface area contributed by atoms with Gasteiger partial charge >= 0.3 is 5.97 Å². The van der Waals surface area contributed by atoms with Gasteiger partial charge in [0.1, 0.15) is 0 Å². The molecule has 0 amide bonds. The Morgan fingerprint density at radius 3 is 1.89 bits per heavy atom. The molecule has 0 saturated carbocycles. The molecule has 1 aliphatic carbocycles. The van der Waals surface area contributed by atoms with Crippen LogP contribution in [0.5, 0.6) is 0 Å². The minimum absolute atomic E-state index is 0.331. The first kappa shape index (κ1) is 9.85. The summed E-state index contributed by atoms with van der Waals surface area (Å²) in [5.41, 5.74) is 3.01. The molecule has 18 heavy (non-hydrogen) atoms. The number of carbonyl (C=O) groups excluding carboxylic acids is 1. The van der Waals surface area contributed by atoms with E-state index in [-0.39, 0.29) is 5.97 Å². The van der Waals surface area contributed by atoms with Crippen molar-refractivity contribution in [2.45, 2.75) is 12.0 Å². The summed E-state index contributed by atoms with van der Waals surface area (Å²) < 4.78 is 0. The lowest BCUT2D eigenvalue weighted by Gasteiger charge is -2.41. The maximum atomic E-state index is 12.0. The summed E-state index contributed by atoms with van der Waals surface area (Å²) in [5.74, 6) is -0.331. The first-order valence-electron chi connectivity index (χ1n) is 5.89. The van der Waals surface area contributed by atoms with Crippen molar-refractivity contribution in [1.82, 2.24) is 0 Å². The highest BCUT2D eigenvalue weighted by molar-refractivity contribution is 5.90. The molecule has 0 unspecified atom stereocenters. The second kappa shape index (κ2) is 3.21. The summed E-state index contributed by atoms with van der Waals surface area (Å²) in [6.07, 6.45) is 0.824. The minimum Gasteiger partial charge on any atom is -0.292 e. The fourth-order valence-electron chi connectivity index (χ4n) is 2.85. The maximum absolute atomic E-state index is 12.0. The van der Waals surface area contributed by atoms with E-state index in [4.69, 9.17) is 4.89 Å². The van der Waals surface area contributed by atoms with Crippen molar-refractivity contribution in [2.24, 2.45) is 0 Å². The van der Waals surface area contributed by atoms with Crippen LogP contribution in [0.15, 0.2) is 48.5 Å². The first-order chi connectivity index (χ1) is 8.82. The summed E-state index contributed by atoms with van der Waals surface area (Å²) in [6.45, 7) is 0. The zero-order chi connectivity index (χ0) is 12.2. The van der Waals surface area contributed by atoms with Gasteiger partial charge in [0.2, 0.25) is 0 Å². The first-order valence-corrected chi connectivity index (χ1v) is 5.89. The average molecular weight is 238 g/mol. The van der Waals surface area contributed by atoms with Crippen LogP contribution in [0.2, 0.25) is 0 Å². The van der Waals surface area contributed by atoms with Crippen molar-refractivity contribution in [3.63, 3.8) is 0 Å². The molecule has 2 aromatic carbocycles. The van der Waals surface area contributed by atoms with Crippen molar-refractivity contribution >= 4 is 5.97 Å². The third-order valence-electron chi connectivity index (χ3n) is 3.70. The molecule has 1 saturated heterocycles. The Morgan fingerprint density at radius 1 is 0.889 bits per heavy atom. The van der Waals surface area contributed by atoms with Gasteiger partial charge in [-0.05, 0) is 17.5 Å². The second-order valence-corrected chi connectivity index (χ2v) is 4.63. The van der Waals surface area contributed by atoms with Crippen LogP contribution in [0, 0.1) is 0 Å². The molecule has 1 aliphatic heterocycles. The predicted molar refractivity (Wildman–Crippen MR) is 63.6 cm³/mol. The third-order valence-corrected chi connectivity index (χ3v) is 3.70. The van der Waals surface area contributed by atoms with E-state index >= 15 is 0 Å². The molecule has 4 rings (SSSR count). The van der Waals surface area contributed by atoms with Gasteiger partial charge in [-0.1, -0.05) is 48.5 Å². The molecule has 0 atom stereocenters. The van der Waals surface area contributed by atoms with Gasteiger partial charge in [0.25, 0.3) is 5.60 Å². The monoisotopic (exact) mass is 238 g/mol. The predicted octanol–water partition coefficient (Wildman–Crippen LogP) is 2.32. The molecule has 1 spiro atoms. The highest BCUT2D eigenvalue weighted by Crippen LogP contribution is 2.48. The molecule has 3 heteroatoms. The summed E-state index contributed by atoms with van der Waals surface area (Å²) in [7, 11) is 0. The van der Waals surface area contributed by atoms with Crippen molar-refractivity contribution in [2.75, 3.05) is 0 Å². The van der Waals surface area contributed by atoms with Crippen molar-refractivity contribution < 1.29 is 14.6 Å². The molecular formula is C15H10O3. The standard InChI is InChI=1S/C15H10O3/c16-14-15(18-17-14)12-7-3-1-5-10(12)9-11-6-2-4-8-13(11)15/h1-8H,9H2. The Bertz CT molecular complexity index is 615. The number of benzene rings is 2. The lowest BCUT2D eigenvalue weighted by Crippen LogP contribution is -2.53. The van der Waals surface area contributed by atoms with E-state index in [9.17, 15) is 4.79 Å². The van der Waals surface area contributed by atoms with Gasteiger partial charge in [-0.15, -0.1) is 0 Å². The molecule has 1 heterocycles. The van der Waals surface area contributed by atoms with Gasteiger partial charge in [-0.3, -0.25) is 4.89 Å². The van der Waals surface area contributed by atoms with E-state index in [1.165, 1.54) is 0 Å². The third kappa shape index (κ3) is 1.00. The fraction of sp³-hybridized carbons (Fsp3) is 0.133. The highest BCUT2D eigenvalue weighted by atomic mass is 17.3. The normalized spacial score (nSPS) is 18.6. The van der Waals surface area contributed by atoms with Crippen molar-refractivity contribution in [1.29, 1.82) is 0 Å². The van der Waals surface area contributed by atoms with Crippen LogP contribution < -0.4 is 0 Å². The Morgan fingerprint density at radius 2 is 1.44 bits per heavy atom. The minimum atomic E-state index is -1.04. The van der Waals surface area contributed by atoms with Crippen LogP contribution in [0.25, 0.3) is 0 Å². The molecule has 1 fully saturated rings. The average Bonchev–Trinajstić information content (AvgIpc) is 2.43. The summed E-state index contributed by atoms with van der Waals surface area (Å²) in [4.78, 5) is 21.9. The van der Waals surface area contributed by atoms with Crippen LogP contribution >= 0.6 is 0 Å². The zero-order valence-electron chi connectivity index (χ0n) is 9.55. The molecule has 0 radical (unpaired) electrons. The van der Waals surface area contributed by atoms with Crippen molar-refractivity contribution in [3.05, 3.63) is 70.8 Å². The number of fused-ring (bicyclic) bond motifs is 4.